The largest absolute Gasteiger partial charge is 0.444 e. The summed E-state index contributed by atoms with van der Waals surface area (Å²) in [5.74, 6) is 0.312. The lowest BCUT2D eigenvalue weighted by molar-refractivity contribution is 0.0171. The molecule has 3 aliphatic heterocycles. The Balaban J connectivity index is 1.11. The number of carbonyl (C=O) groups excluding carboxylic acids is 3. The van der Waals surface area contributed by atoms with Crippen LogP contribution in [0.3, 0.4) is 0 Å². The number of anilines is 3. The quantitative estimate of drug-likeness (QED) is 0.416. The van der Waals surface area contributed by atoms with Crippen LogP contribution >= 0.6 is 0 Å². The zero-order chi connectivity index (χ0) is 33.3. The molecule has 254 valence electrons. The number of primary amides is 1. The molecule has 0 bridgehead atoms. The van der Waals surface area contributed by atoms with Gasteiger partial charge >= 0.3 is 12.1 Å². The Morgan fingerprint density at radius 1 is 0.936 bits per heavy atom. The Labute approximate surface area is 278 Å². The molecule has 1 unspecified atom stereocenters. The Kier molecular flexibility index (Phi) is 9.22. The first-order valence-corrected chi connectivity index (χ1v) is 17.2. The number of carbonyl (C=O) groups is 3. The van der Waals surface area contributed by atoms with E-state index < -0.39 is 11.5 Å². The van der Waals surface area contributed by atoms with Crippen molar-refractivity contribution in [1.29, 1.82) is 0 Å². The fourth-order valence-corrected chi connectivity index (χ4v) is 7.57. The van der Waals surface area contributed by atoms with Crippen LogP contribution in [0.4, 0.5) is 26.9 Å². The minimum Gasteiger partial charge on any atom is -0.444 e. The van der Waals surface area contributed by atoms with Gasteiger partial charge in [0.1, 0.15) is 11.4 Å². The van der Waals surface area contributed by atoms with Gasteiger partial charge < -0.3 is 35.4 Å². The highest BCUT2D eigenvalue weighted by molar-refractivity contribution is 5.96. The van der Waals surface area contributed by atoms with E-state index in [1.54, 1.807) is 11.1 Å². The maximum atomic E-state index is 13.4. The molecule has 4 amide bonds. The molecular formula is C35H50N8O4. The number of piperidine rings is 2. The van der Waals surface area contributed by atoms with E-state index in [4.69, 9.17) is 15.5 Å². The second kappa shape index (κ2) is 13.2. The normalized spacial score (nSPS) is 22.1. The van der Waals surface area contributed by atoms with Gasteiger partial charge in [-0.3, -0.25) is 4.79 Å². The second-order valence-electron chi connectivity index (χ2n) is 14.9. The first-order chi connectivity index (χ1) is 22.4. The molecular weight excluding hydrogens is 596 g/mol. The smallest absolute Gasteiger partial charge is 0.410 e. The van der Waals surface area contributed by atoms with Crippen molar-refractivity contribution >= 4 is 35.4 Å². The van der Waals surface area contributed by atoms with Crippen LogP contribution in [0, 0.1) is 0 Å². The fourth-order valence-electron chi connectivity index (χ4n) is 7.57. The number of hydrogen-bond acceptors (Lipinski definition) is 8. The van der Waals surface area contributed by atoms with Crippen molar-refractivity contribution in [2.75, 3.05) is 49.5 Å². The summed E-state index contributed by atoms with van der Waals surface area (Å²) in [5, 5.41) is 3.29. The zero-order valence-corrected chi connectivity index (χ0v) is 28.3. The van der Waals surface area contributed by atoms with E-state index in [1.165, 1.54) is 18.4 Å². The average molecular weight is 647 g/mol. The van der Waals surface area contributed by atoms with E-state index in [1.807, 2.05) is 32.9 Å². The van der Waals surface area contributed by atoms with Crippen LogP contribution in [0.5, 0.6) is 0 Å². The third kappa shape index (κ3) is 7.26. The molecule has 1 aromatic carbocycles. The molecule has 1 aromatic heterocycles. The van der Waals surface area contributed by atoms with Crippen molar-refractivity contribution in [1.82, 2.24) is 24.7 Å². The SMILES string of the molecule is CC(C)(C)OC(=O)N1CCC(C)(c2ccc(Nc3nc(N4CCCC(N5CCN(C6CCCC6)C5=O)C4)cnc3C(N)=O)cc2)CC1. The molecule has 12 nitrogen and oxygen atoms in total. The molecule has 12 heteroatoms. The van der Waals surface area contributed by atoms with Crippen molar-refractivity contribution in [3.8, 4) is 0 Å². The van der Waals surface area contributed by atoms with Gasteiger partial charge in [-0.05, 0) is 82.4 Å². The van der Waals surface area contributed by atoms with Crippen LogP contribution in [-0.4, -0.2) is 99.7 Å². The number of likely N-dealkylation sites (tertiary alicyclic amines) is 1. The van der Waals surface area contributed by atoms with Crippen molar-refractivity contribution in [3.05, 3.63) is 41.7 Å². The van der Waals surface area contributed by atoms with Gasteiger partial charge in [0.05, 0.1) is 12.2 Å². The molecule has 1 aliphatic carbocycles. The van der Waals surface area contributed by atoms with Crippen LogP contribution in [0.15, 0.2) is 30.5 Å². The van der Waals surface area contributed by atoms with E-state index in [9.17, 15) is 14.4 Å². The summed E-state index contributed by atoms with van der Waals surface area (Å²) in [6.07, 6.45) is 9.56. The van der Waals surface area contributed by atoms with Gasteiger partial charge in [0, 0.05) is 51.0 Å². The maximum absolute atomic E-state index is 13.4. The molecule has 0 spiro atoms. The number of ether oxygens (including phenoxy) is 1. The number of amides is 4. The summed E-state index contributed by atoms with van der Waals surface area (Å²) < 4.78 is 5.57. The van der Waals surface area contributed by atoms with E-state index in [0.717, 1.165) is 63.8 Å². The third-order valence-electron chi connectivity index (χ3n) is 10.4. The van der Waals surface area contributed by atoms with Crippen LogP contribution < -0.4 is 16.0 Å². The highest BCUT2D eigenvalue weighted by Gasteiger charge is 2.40. The van der Waals surface area contributed by atoms with Gasteiger partial charge in [-0.25, -0.2) is 19.6 Å². The molecule has 0 radical (unpaired) electrons. The summed E-state index contributed by atoms with van der Waals surface area (Å²) >= 11 is 0. The Hall–Kier alpha value is -4.09. The molecule has 4 aliphatic rings. The molecule has 3 N–H and O–H groups in total. The Bertz CT molecular complexity index is 1460. The minimum atomic E-state index is -0.654. The summed E-state index contributed by atoms with van der Waals surface area (Å²) in [6.45, 7) is 12.2. The van der Waals surface area contributed by atoms with E-state index in [0.29, 0.717) is 37.3 Å². The van der Waals surface area contributed by atoms with Gasteiger partial charge in [-0.1, -0.05) is 31.9 Å². The number of nitrogens with one attached hydrogen (secondary N) is 1. The number of aromatic nitrogens is 2. The summed E-state index contributed by atoms with van der Waals surface area (Å²) in [6, 6.07) is 8.81. The van der Waals surface area contributed by atoms with Crippen LogP contribution in [0.1, 0.15) is 95.1 Å². The van der Waals surface area contributed by atoms with E-state index >= 15 is 0 Å². The lowest BCUT2D eigenvalue weighted by Crippen LogP contribution is -2.50. The van der Waals surface area contributed by atoms with Gasteiger partial charge in [-0.2, -0.15) is 0 Å². The standard InChI is InChI=1S/C35H50N8O4/c1-34(2,3)47-33(46)40-18-15-35(4,16-19-40)24-11-13-25(14-12-24)38-31-29(30(36)44)37-22-28(39-31)41-17-7-10-27(23-41)43-21-20-42(32(43)45)26-8-5-6-9-26/h11-14,22,26-27H,5-10,15-21,23H2,1-4H3,(H2,36,44)(H,38,39). The Morgan fingerprint density at radius 3 is 2.21 bits per heavy atom. The number of benzene rings is 1. The average Bonchev–Trinajstić information content (AvgIpc) is 3.70. The first-order valence-electron chi connectivity index (χ1n) is 17.2. The molecule has 1 atom stereocenters. The van der Waals surface area contributed by atoms with Gasteiger partial charge in [-0.15, -0.1) is 0 Å². The monoisotopic (exact) mass is 646 g/mol. The molecule has 47 heavy (non-hydrogen) atoms. The van der Waals surface area contributed by atoms with Gasteiger partial charge in [0.15, 0.2) is 11.5 Å². The van der Waals surface area contributed by atoms with Crippen molar-refractivity contribution in [3.63, 3.8) is 0 Å². The highest BCUT2D eigenvalue weighted by Crippen LogP contribution is 2.36. The van der Waals surface area contributed by atoms with Crippen LogP contribution in [0.25, 0.3) is 0 Å². The number of rotatable bonds is 7. The minimum absolute atomic E-state index is 0.0785. The molecule has 4 fully saturated rings. The number of urea groups is 1. The van der Waals surface area contributed by atoms with E-state index in [2.05, 4.69) is 44.1 Å². The summed E-state index contributed by atoms with van der Waals surface area (Å²) in [5.41, 5.74) is 7.14. The third-order valence-corrected chi connectivity index (χ3v) is 10.4. The maximum Gasteiger partial charge on any atom is 0.410 e. The predicted molar refractivity (Wildman–Crippen MR) is 181 cm³/mol. The fraction of sp³-hybridized carbons (Fsp3) is 0.629. The van der Waals surface area contributed by atoms with Gasteiger partial charge in [0.25, 0.3) is 5.91 Å². The first kappa shape index (κ1) is 32.8. The van der Waals surface area contributed by atoms with Gasteiger partial charge in [0.2, 0.25) is 0 Å². The number of nitrogens with zero attached hydrogens (tertiary/aromatic N) is 6. The number of hydrogen-bond donors (Lipinski definition) is 2. The van der Waals surface area contributed by atoms with Crippen molar-refractivity contribution < 1.29 is 19.1 Å². The lowest BCUT2D eigenvalue weighted by atomic mass is 9.74. The summed E-state index contributed by atoms with van der Waals surface area (Å²) in [7, 11) is 0. The predicted octanol–water partition coefficient (Wildman–Crippen LogP) is 5.26. The molecule has 1 saturated carbocycles. The van der Waals surface area contributed by atoms with E-state index in [-0.39, 0.29) is 29.3 Å². The van der Waals surface area contributed by atoms with Crippen LogP contribution in [-0.2, 0) is 10.2 Å². The van der Waals surface area contributed by atoms with Crippen LogP contribution in [0.2, 0.25) is 0 Å². The van der Waals surface area contributed by atoms with Crippen molar-refractivity contribution in [2.45, 2.75) is 102 Å². The molecule has 4 heterocycles. The lowest BCUT2D eigenvalue weighted by Gasteiger charge is -2.40. The molecule has 6 rings (SSSR count). The second-order valence-corrected chi connectivity index (χ2v) is 14.9. The topological polar surface area (TPSA) is 137 Å². The van der Waals surface area contributed by atoms with Crippen molar-refractivity contribution in [2.24, 2.45) is 5.73 Å². The molecule has 3 saturated heterocycles. The highest BCUT2D eigenvalue weighted by atomic mass is 16.6. The number of nitrogens with two attached hydrogens (primary N) is 1. The zero-order valence-electron chi connectivity index (χ0n) is 28.3. The Morgan fingerprint density at radius 2 is 1.57 bits per heavy atom. The summed E-state index contributed by atoms with van der Waals surface area (Å²) in [4.78, 5) is 55.6. The molecule has 2 aromatic rings.